The van der Waals surface area contributed by atoms with Gasteiger partial charge in [-0.05, 0) is 70.4 Å². The molecule has 0 spiro atoms. The molecule has 4 aliphatic heterocycles. The van der Waals surface area contributed by atoms with Gasteiger partial charge in [0.15, 0.2) is 12.3 Å². The van der Waals surface area contributed by atoms with Crippen LogP contribution in [0.5, 0.6) is 5.75 Å². The molecule has 2 aromatic carbocycles. The highest BCUT2D eigenvalue weighted by molar-refractivity contribution is 7.85. The molecule has 7 rings (SSSR count). The Hall–Kier alpha value is -3.96. The van der Waals surface area contributed by atoms with Gasteiger partial charge in [-0.2, -0.15) is 13.0 Å². The predicted octanol–water partition coefficient (Wildman–Crippen LogP) is 5.62. The summed E-state index contributed by atoms with van der Waals surface area (Å²) in [7, 11) is -4.21. The quantitative estimate of drug-likeness (QED) is 0.224. The molecule has 11 heteroatoms. The van der Waals surface area contributed by atoms with Gasteiger partial charge in [-0.25, -0.2) is 9.13 Å². The van der Waals surface area contributed by atoms with E-state index in [2.05, 4.69) is 83.1 Å². The van der Waals surface area contributed by atoms with Crippen LogP contribution >= 0.6 is 0 Å². The molecular formula is C37H46N4O6S+2. The molecule has 48 heavy (non-hydrogen) atoms. The molecule has 0 saturated heterocycles. The number of aliphatic carboxylic acids is 1. The Bertz CT molecular complexity index is 1990. The highest BCUT2D eigenvalue weighted by Gasteiger charge is 2.56. The standard InChI is InChI=1S/C37H44N4O6S/c1-6-8-12-38-14-15-39(23-38)26-9-10-30-29(18-26)37(5,21-34(42)43)35-28-17-24-16-27-25(22-48(44,45)46)20-36(3,4)41(7-2)31(27)19-33(24)47-32(28)11-13-40(30)35/h9-10,14-19,23,25,32H,6-8,11-13,20-22H2,1-5H3/p+2. The van der Waals surface area contributed by atoms with Crippen molar-refractivity contribution >= 4 is 39.2 Å². The molecule has 1 aromatic heterocycles. The van der Waals surface area contributed by atoms with E-state index in [1.807, 2.05) is 25.3 Å². The zero-order valence-corrected chi connectivity index (χ0v) is 29.3. The van der Waals surface area contributed by atoms with Crippen LogP contribution in [0.2, 0.25) is 0 Å². The van der Waals surface area contributed by atoms with Crippen molar-refractivity contribution in [2.75, 3.05) is 23.7 Å². The van der Waals surface area contributed by atoms with E-state index in [-0.39, 0.29) is 29.7 Å². The van der Waals surface area contributed by atoms with Crippen LogP contribution in [0, 0.1) is 0 Å². The molecule has 2 N–H and O–H groups in total. The minimum Gasteiger partial charge on any atom is -0.485 e. The topological polar surface area (TPSA) is 116 Å². The van der Waals surface area contributed by atoms with E-state index in [1.165, 1.54) is 0 Å². The van der Waals surface area contributed by atoms with E-state index in [0.29, 0.717) is 13.0 Å². The summed E-state index contributed by atoms with van der Waals surface area (Å²) in [6.07, 6.45) is 11.5. The van der Waals surface area contributed by atoms with Crippen molar-refractivity contribution in [3.05, 3.63) is 71.3 Å². The zero-order valence-electron chi connectivity index (χ0n) is 28.4. The summed E-state index contributed by atoms with van der Waals surface area (Å²) < 4.78 is 47.5. The van der Waals surface area contributed by atoms with Gasteiger partial charge in [0.05, 0.1) is 29.7 Å². The lowest BCUT2D eigenvalue weighted by Gasteiger charge is -2.48. The van der Waals surface area contributed by atoms with Crippen LogP contribution in [0.15, 0.2) is 54.6 Å². The second kappa shape index (κ2) is 11.6. The molecule has 0 fully saturated rings. The summed E-state index contributed by atoms with van der Waals surface area (Å²) in [5.41, 5.74) is 6.42. The van der Waals surface area contributed by atoms with Gasteiger partial charge in [0, 0.05) is 53.4 Å². The lowest BCUT2D eigenvalue weighted by molar-refractivity contribution is -0.696. The molecule has 3 unspecified atom stereocenters. The van der Waals surface area contributed by atoms with Crippen LogP contribution < -0.4 is 14.2 Å². The second-order valence-electron chi connectivity index (χ2n) is 14.7. The van der Waals surface area contributed by atoms with Gasteiger partial charge < -0.3 is 14.7 Å². The summed E-state index contributed by atoms with van der Waals surface area (Å²) >= 11 is 0. The SMILES string of the molecule is CCCC[n+]1ccn(-c2ccc3c(c2)C(C)(CC(=O)O)C2=[N+]3CCC3Oc4cc5c(cc4C=C23)C(CS(=O)(=O)O)CC(C)(C)N5CC)c1. The third-order valence-corrected chi connectivity index (χ3v) is 11.7. The fraction of sp³-hybridized carbons (Fsp3) is 0.486. The molecule has 0 aliphatic carbocycles. The van der Waals surface area contributed by atoms with Crippen LogP contribution in [0.4, 0.5) is 11.4 Å². The maximum atomic E-state index is 12.5. The predicted molar refractivity (Wildman–Crippen MR) is 185 cm³/mol. The van der Waals surface area contributed by atoms with Gasteiger partial charge in [0.25, 0.3) is 10.1 Å². The number of fused-ring (bicyclic) bond motifs is 6. The van der Waals surface area contributed by atoms with E-state index in [0.717, 1.165) is 83.1 Å². The van der Waals surface area contributed by atoms with Crippen molar-refractivity contribution in [2.24, 2.45) is 0 Å². The lowest BCUT2D eigenvalue weighted by atomic mass is 9.72. The Labute approximate surface area is 282 Å². The monoisotopic (exact) mass is 674 g/mol. The first-order chi connectivity index (χ1) is 22.7. The van der Waals surface area contributed by atoms with Crippen molar-refractivity contribution < 1.29 is 36.8 Å². The van der Waals surface area contributed by atoms with E-state index in [9.17, 15) is 22.9 Å². The van der Waals surface area contributed by atoms with Gasteiger partial charge in [-0.15, -0.1) is 0 Å². The van der Waals surface area contributed by atoms with Crippen LogP contribution in [-0.2, 0) is 26.9 Å². The Kier molecular flexibility index (Phi) is 7.86. The first-order valence-corrected chi connectivity index (χ1v) is 18.7. The normalized spacial score (nSPS) is 23.8. The number of hydrogen-bond donors (Lipinski definition) is 2. The molecule has 0 radical (unpaired) electrons. The number of rotatable bonds is 9. The number of hydrogen-bond acceptors (Lipinski definition) is 5. The fourth-order valence-corrected chi connectivity index (χ4v) is 9.61. The number of imidazole rings is 1. The highest BCUT2D eigenvalue weighted by Crippen LogP contribution is 2.51. The highest BCUT2D eigenvalue weighted by atomic mass is 32.2. The maximum absolute atomic E-state index is 12.5. The molecule has 254 valence electrons. The molecular weight excluding hydrogens is 628 g/mol. The molecule has 10 nitrogen and oxygen atoms in total. The van der Waals surface area contributed by atoms with Crippen LogP contribution in [0.25, 0.3) is 11.8 Å². The molecule has 0 bridgehead atoms. The first-order valence-electron chi connectivity index (χ1n) is 17.1. The van der Waals surface area contributed by atoms with Gasteiger partial charge in [-0.3, -0.25) is 9.35 Å². The summed E-state index contributed by atoms with van der Waals surface area (Å²) in [6.45, 7) is 12.9. The van der Waals surface area contributed by atoms with E-state index >= 15 is 0 Å². The van der Waals surface area contributed by atoms with E-state index < -0.39 is 21.5 Å². The van der Waals surface area contributed by atoms with Crippen LogP contribution in [0.3, 0.4) is 0 Å². The molecule has 0 saturated carbocycles. The molecule has 4 aliphatic rings. The average Bonchev–Trinajstić information content (AvgIpc) is 3.57. The summed E-state index contributed by atoms with van der Waals surface area (Å²) in [5.74, 6) is -0.865. The van der Waals surface area contributed by atoms with Crippen LogP contribution in [0.1, 0.15) is 89.3 Å². The van der Waals surface area contributed by atoms with Crippen LogP contribution in [-0.4, -0.2) is 69.4 Å². The van der Waals surface area contributed by atoms with Crippen molar-refractivity contribution in [1.29, 1.82) is 0 Å². The van der Waals surface area contributed by atoms with Crippen molar-refractivity contribution in [2.45, 2.75) is 96.2 Å². The smallest absolute Gasteiger partial charge is 0.304 e. The fourth-order valence-electron chi connectivity index (χ4n) is 8.80. The first kappa shape index (κ1) is 32.6. The van der Waals surface area contributed by atoms with Gasteiger partial charge in [-0.1, -0.05) is 13.3 Å². The number of unbranched alkanes of at least 4 members (excludes halogenated alkanes) is 1. The zero-order chi connectivity index (χ0) is 34.2. The maximum Gasteiger partial charge on any atom is 0.304 e. The Morgan fingerprint density at radius 1 is 1.15 bits per heavy atom. The third-order valence-electron chi connectivity index (χ3n) is 10.8. The van der Waals surface area contributed by atoms with Crippen molar-refractivity contribution in [1.82, 2.24) is 4.57 Å². The summed E-state index contributed by atoms with van der Waals surface area (Å²) in [4.78, 5) is 14.8. The van der Waals surface area contributed by atoms with E-state index in [4.69, 9.17) is 4.74 Å². The molecule has 3 aromatic rings. The number of carboxylic acids is 1. The summed E-state index contributed by atoms with van der Waals surface area (Å²) in [5, 5.41) is 10.3. The second-order valence-corrected chi connectivity index (χ2v) is 16.2. The molecule has 5 heterocycles. The largest absolute Gasteiger partial charge is 0.485 e. The Morgan fingerprint density at radius 3 is 2.65 bits per heavy atom. The van der Waals surface area contributed by atoms with Crippen molar-refractivity contribution in [3.63, 3.8) is 0 Å². The number of anilines is 1. The number of carbonyl (C=O) groups is 1. The minimum atomic E-state index is -4.21. The van der Waals surface area contributed by atoms with Gasteiger partial charge >= 0.3 is 5.97 Å². The Balaban J connectivity index is 1.34. The lowest BCUT2D eigenvalue weighted by Crippen LogP contribution is -2.49. The minimum absolute atomic E-state index is 0.0739. The average molecular weight is 675 g/mol. The van der Waals surface area contributed by atoms with Gasteiger partial charge in [0.1, 0.15) is 29.9 Å². The van der Waals surface area contributed by atoms with E-state index in [1.54, 1.807) is 0 Å². The summed E-state index contributed by atoms with van der Waals surface area (Å²) in [6, 6.07) is 10.4. The molecule has 0 amide bonds. The number of ether oxygens (including phenoxy) is 1. The number of nitrogens with zero attached hydrogens (tertiary/aromatic N) is 4. The van der Waals surface area contributed by atoms with Crippen molar-refractivity contribution in [3.8, 4) is 11.4 Å². The third kappa shape index (κ3) is 5.44. The number of carboxylic acid groups (broad SMARTS) is 1. The number of benzene rings is 2. The van der Waals surface area contributed by atoms with Gasteiger partial charge in [0.2, 0.25) is 12.0 Å². The number of aromatic nitrogens is 2. The number of aryl methyl sites for hydroxylation is 1. The Morgan fingerprint density at radius 2 is 1.94 bits per heavy atom. The molecule has 3 atom stereocenters.